The van der Waals surface area contributed by atoms with Gasteiger partial charge < -0.3 is 10.1 Å². The van der Waals surface area contributed by atoms with Crippen molar-refractivity contribution in [2.75, 3.05) is 20.3 Å². The van der Waals surface area contributed by atoms with Gasteiger partial charge in [-0.15, -0.1) is 11.6 Å². The molecule has 0 spiro atoms. The molecule has 118 valence electrons. The number of amides is 1. The minimum absolute atomic E-state index is 0.0610. The van der Waals surface area contributed by atoms with Gasteiger partial charge in [0.25, 0.3) is 0 Å². The van der Waals surface area contributed by atoms with E-state index in [1.807, 2.05) is 30.3 Å². The second-order valence-corrected chi connectivity index (χ2v) is 6.02. The van der Waals surface area contributed by atoms with Gasteiger partial charge in [0.1, 0.15) is 0 Å². The zero-order valence-corrected chi connectivity index (χ0v) is 13.9. The molecule has 0 fully saturated rings. The van der Waals surface area contributed by atoms with Crippen molar-refractivity contribution in [2.24, 2.45) is 5.92 Å². The second kappa shape index (κ2) is 9.80. The van der Waals surface area contributed by atoms with E-state index in [-0.39, 0.29) is 17.2 Å². The quantitative estimate of drug-likeness (QED) is 0.708. The van der Waals surface area contributed by atoms with Gasteiger partial charge in [-0.2, -0.15) is 0 Å². The highest BCUT2D eigenvalue weighted by Gasteiger charge is 2.25. The third-order valence-electron chi connectivity index (χ3n) is 3.76. The number of alkyl halides is 1. The first kappa shape index (κ1) is 18.0. The summed E-state index contributed by atoms with van der Waals surface area (Å²) in [6, 6.07) is 9.96. The maximum atomic E-state index is 12.5. The Balaban J connectivity index is 2.61. The van der Waals surface area contributed by atoms with Crippen LogP contribution in [-0.2, 0) is 9.53 Å². The summed E-state index contributed by atoms with van der Waals surface area (Å²) in [5.41, 5.74) is 1.07. The molecule has 0 bridgehead atoms. The molecular weight excluding hydrogens is 286 g/mol. The Kier molecular flexibility index (Phi) is 8.40. The van der Waals surface area contributed by atoms with Crippen LogP contribution < -0.4 is 5.32 Å². The normalized spacial score (nSPS) is 15.2. The highest BCUT2D eigenvalue weighted by Crippen LogP contribution is 2.27. The van der Waals surface area contributed by atoms with Crippen molar-refractivity contribution in [1.82, 2.24) is 5.32 Å². The zero-order chi connectivity index (χ0) is 15.7. The number of carbonyl (C=O) groups is 1. The lowest BCUT2D eigenvalue weighted by molar-refractivity contribution is -0.123. The van der Waals surface area contributed by atoms with E-state index in [9.17, 15) is 4.79 Å². The fraction of sp³-hybridized carbons (Fsp3) is 0.588. The number of nitrogens with one attached hydrogen (secondary N) is 1. The molecule has 0 saturated carbocycles. The third-order valence-corrected chi connectivity index (χ3v) is 4.10. The molecule has 0 aliphatic heterocycles. The van der Waals surface area contributed by atoms with E-state index in [1.165, 1.54) is 0 Å². The number of rotatable bonds is 9. The van der Waals surface area contributed by atoms with Crippen LogP contribution in [0, 0.1) is 5.92 Å². The Morgan fingerprint density at radius 1 is 1.33 bits per heavy atom. The molecular formula is C17H26ClNO2. The molecule has 1 amide bonds. The average Bonchev–Trinajstić information content (AvgIpc) is 2.48. The molecule has 0 aliphatic rings. The fourth-order valence-corrected chi connectivity index (χ4v) is 2.60. The van der Waals surface area contributed by atoms with Crippen LogP contribution in [0.4, 0.5) is 0 Å². The maximum absolute atomic E-state index is 12.5. The number of carbonyl (C=O) groups excluding carboxylic acids is 1. The van der Waals surface area contributed by atoms with Crippen molar-refractivity contribution in [2.45, 2.75) is 38.0 Å². The van der Waals surface area contributed by atoms with Crippen LogP contribution in [0.3, 0.4) is 0 Å². The van der Waals surface area contributed by atoms with E-state index in [0.29, 0.717) is 25.5 Å². The summed E-state index contributed by atoms with van der Waals surface area (Å²) < 4.78 is 4.99. The molecule has 3 atom stereocenters. The summed E-state index contributed by atoms with van der Waals surface area (Å²) in [6.07, 6.45) is 1.68. The molecule has 1 aromatic rings. The van der Waals surface area contributed by atoms with Crippen LogP contribution in [0.15, 0.2) is 30.3 Å². The Morgan fingerprint density at radius 3 is 2.57 bits per heavy atom. The van der Waals surface area contributed by atoms with Gasteiger partial charge in [0, 0.05) is 13.7 Å². The Labute approximate surface area is 133 Å². The van der Waals surface area contributed by atoms with Gasteiger partial charge in [0.05, 0.1) is 17.9 Å². The Morgan fingerprint density at radius 2 is 2.00 bits per heavy atom. The average molecular weight is 312 g/mol. The van der Waals surface area contributed by atoms with E-state index >= 15 is 0 Å². The number of ether oxygens (including phenoxy) is 1. The fourth-order valence-electron chi connectivity index (χ4n) is 2.36. The van der Waals surface area contributed by atoms with Crippen molar-refractivity contribution in [3.05, 3.63) is 35.9 Å². The predicted octanol–water partition coefficient (Wildman–Crippen LogP) is 3.58. The molecule has 21 heavy (non-hydrogen) atoms. The van der Waals surface area contributed by atoms with E-state index in [2.05, 4.69) is 19.2 Å². The van der Waals surface area contributed by atoms with Crippen LogP contribution in [0.5, 0.6) is 0 Å². The molecule has 0 aromatic heterocycles. The van der Waals surface area contributed by atoms with E-state index in [4.69, 9.17) is 16.3 Å². The van der Waals surface area contributed by atoms with Gasteiger partial charge in [-0.25, -0.2) is 0 Å². The van der Waals surface area contributed by atoms with Crippen LogP contribution in [-0.4, -0.2) is 31.5 Å². The van der Waals surface area contributed by atoms with Crippen LogP contribution >= 0.6 is 11.6 Å². The maximum Gasteiger partial charge on any atom is 0.227 e. The molecule has 4 heteroatoms. The minimum atomic E-state index is -0.104. The highest BCUT2D eigenvalue weighted by molar-refractivity contribution is 6.20. The van der Waals surface area contributed by atoms with Gasteiger partial charge in [-0.05, 0) is 17.9 Å². The van der Waals surface area contributed by atoms with Crippen LogP contribution in [0.2, 0.25) is 0 Å². The first-order chi connectivity index (χ1) is 10.1. The molecule has 1 aromatic carbocycles. The topological polar surface area (TPSA) is 38.3 Å². The highest BCUT2D eigenvalue weighted by atomic mass is 35.5. The molecule has 0 radical (unpaired) electrons. The van der Waals surface area contributed by atoms with Gasteiger partial charge in [-0.1, -0.05) is 50.6 Å². The predicted molar refractivity (Wildman–Crippen MR) is 87.8 cm³/mol. The van der Waals surface area contributed by atoms with Crippen molar-refractivity contribution in [1.29, 1.82) is 0 Å². The number of halogens is 1. The SMILES string of the molecule is CCC(C)C(C(=O)NCCC(Cl)COC)c1ccccc1. The van der Waals surface area contributed by atoms with Gasteiger partial charge >= 0.3 is 0 Å². The van der Waals surface area contributed by atoms with Gasteiger partial charge in [0.15, 0.2) is 0 Å². The summed E-state index contributed by atoms with van der Waals surface area (Å²) >= 11 is 6.07. The first-order valence-corrected chi connectivity index (χ1v) is 7.99. The molecule has 1 N–H and O–H groups in total. The lowest BCUT2D eigenvalue weighted by Gasteiger charge is -2.23. The zero-order valence-electron chi connectivity index (χ0n) is 13.1. The summed E-state index contributed by atoms with van der Waals surface area (Å²) in [5.74, 6) is 0.280. The Hall–Kier alpha value is -1.06. The molecule has 0 aliphatic carbocycles. The second-order valence-electron chi connectivity index (χ2n) is 5.41. The third kappa shape index (κ3) is 6.06. The summed E-state index contributed by atoms with van der Waals surface area (Å²) in [5, 5.41) is 2.95. The Bertz CT molecular complexity index is 411. The largest absolute Gasteiger partial charge is 0.383 e. The van der Waals surface area contributed by atoms with Crippen molar-refractivity contribution in [3.63, 3.8) is 0 Å². The lowest BCUT2D eigenvalue weighted by atomic mass is 9.85. The van der Waals surface area contributed by atoms with Crippen molar-refractivity contribution < 1.29 is 9.53 Å². The smallest absolute Gasteiger partial charge is 0.227 e. The van der Waals surface area contributed by atoms with Gasteiger partial charge in [-0.3, -0.25) is 4.79 Å². The van der Waals surface area contributed by atoms with E-state index in [0.717, 1.165) is 12.0 Å². The number of hydrogen-bond donors (Lipinski definition) is 1. The standard InChI is InChI=1S/C17H26ClNO2/c1-4-13(2)16(14-8-6-5-7-9-14)17(20)19-11-10-15(18)12-21-3/h5-9,13,15-16H,4,10-12H2,1-3H3,(H,19,20). The molecule has 3 nitrogen and oxygen atoms in total. The van der Waals surface area contributed by atoms with Gasteiger partial charge in [0.2, 0.25) is 5.91 Å². The molecule has 3 unspecified atom stereocenters. The molecule has 1 rings (SSSR count). The molecule has 0 heterocycles. The number of methoxy groups -OCH3 is 1. The van der Waals surface area contributed by atoms with E-state index in [1.54, 1.807) is 7.11 Å². The summed E-state index contributed by atoms with van der Waals surface area (Å²) in [4.78, 5) is 12.5. The monoisotopic (exact) mass is 311 g/mol. The first-order valence-electron chi connectivity index (χ1n) is 7.55. The van der Waals surface area contributed by atoms with Crippen LogP contribution in [0.25, 0.3) is 0 Å². The van der Waals surface area contributed by atoms with Crippen molar-refractivity contribution in [3.8, 4) is 0 Å². The number of hydrogen-bond acceptors (Lipinski definition) is 2. The minimum Gasteiger partial charge on any atom is -0.383 e. The van der Waals surface area contributed by atoms with Crippen LogP contribution in [0.1, 0.15) is 38.2 Å². The number of benzene rings is 1. The lowest BCUT2D eigenvalue weighted by Crippen LogP contribution is -2.34. The van der Waals surface area contributed by atoms with E-state index < -0.39 is 0 Å². The summed E-state index contributed by atoms with van der Waals surface area (Å²) in [6.45, 7) is 5.31. The van der Waals surface area contributed by atoms with Crippen molar-refractivity contribution >= 4 is 17.5 Å². The molecule has 0 saturated heterocycles. The summed E-state index contributed by atoms with van der Waals surface area (Å²) in [7, 11) is 1.63.